The number of benzene rings is 2. The van der Waals surface area contributed by atoms with Gasteiger partial charge in [-0.25, -0.2) is 0 Å². The molecule has 0 saturated carbocycles. The Morgan fingerprint density at radius 3 is 2.43 bits per heavy atom. The molecule has 1 aliphatic rings. The third-order valence-electron chi connectivity index (χ3n) is 5.19. The fourth-order valence-corrected chi connectivity index (χ4v) is 3.64. The van der Waals surface area contributed by atoms with E-state index in [2.05, 4.69) is 4.98 Å². The molecule has 1 heterocycles. The van der Waals surface area contributed by atoms with Gasteiger partial charge in [0, 0.05) is 23.2 Å². The van der Waals surface area contributed by atoms with Crippen LogP contribution in [-0.4, -0.2) is 10.8 Å². The highest BCUT2D eigenvalue weighted by Crippen LogP contribution is 2.22. The predicted octanol–water partition coefficient (Wildman–Crippen LogP) is 4.86. The highest BCUT2D eigenvalue weighted by Gasteiger charge is 2.14. The smallest absolute Gasteiger partial charge is 0.251 e. The van der Waals surface area contributed by atoms with Crippen LogP contribution in [0, 0.1) is 0 Å². The van der Waals surface area contributed by atoms with E-state index in [9.17, 15) is 9.59 Å². The molecule has 1 N–H and O–H groups in total. The first-order valence-electron chi connectivity index (χ1n) is 9.79. The minimum Gasteiger partial charge on any atom is -0.457 e. The van der Waals surface area contributed by atoms with Crippen molar-refractivity contribution in [2.45, 2.75) is 38.5 Å². The average molecular weight is 373 g/mol. The number of aromatic nitrogens is 1. The SMILES string of the molecule is O=C(CCc1cc2c([nH]c1=O)CCCC2)c1ccc(Oc2ccccc2)cc1. The molecule has 142 valence electrons. The molecule has 0 fully saturated rings. The molecule has 1 aliphatic carbocycles. The Labute approximate surface area is 164 Å². The Hall–Kier alpha value is -3.14. The number of Topliss-reactive ketones (excluding diaryl/α,β-unsaturated/α-hetero) is 1. The van der Waals surface area contributed by atoms with Crippen molar-refractivity contribution in [2.75, 3.05) is 0 Å². The molecule has 4 heteroatoms. The van der Waals surface area contributed by atoms with Crippen LogP contribution in [0.1, 0.15) is 46.4 Å². The molecule has 28 heavy (non-hydrogen) atoms. The lowest BCUT2D eigenvalue weighted by Gasteiger charge is -2.16. The number of pyridine rings is 1. The summed E-state index contributed by atoms with van der Waals surface area (Å²) >= 11 is 0. The summed E-state index contributed by atoms with van der Waals surface area (Å²) in [6, 6.07) is 18.7. The number of fused-ring (bicyclic) bond motifs is 1. The van der Waals surface area contributed by atoms with Gasteiger partial charge in [0.2, 0.25) is 0 Å². The van der Waals surface area contributed by atoms with Gasteiger partial charge in [-0.1, -0.05) is 18.2 Å². The number of para-hydroxylation sites is 1. The third-order valence-corrected chi connectivity index (χ3v) is 5.19. The Kier molecular flexibility index (Phi) is 5.38. The van der Waals surface area contributed by atoms with E-state index in [0.29, 0.717) is 29.7 Å². The lowest BCUT2D eigenvalue weighted by molar-refractivity contribution is 0.0982. The largest absolute Gasteiger partial charge is 0.457 e. The fourth-order valence-electron chi connectivity index (χ4n) is 3.64. The maximum absolute atomic E-state index is 12.5. The normalized spacial score (nSPS) is 13.0. The van der Waals surface area contributed by atoms with Gasteiger partial charge in [0.1, 0.15) is 11.5 Å². The molecule has 1 aromatic heterocycles. The minimum atomic E-state index is -0.0555. The van der Waals surface area contributed by atoms with Crippen LogP contribution < -0.4 is 10.3 Å². The standard InChI is InChI=1S/C24H23NO3/c26-23(15-12-19-16-18-6-4-5-9-22(18)25-24(19)27)17-10-13-21(14-11-17)28-20-7-2-1-3-8-20/h1-3,7-8,10-11,13-14,16H,4-6,9,12,15H2,(H,25,27). The van der Waals surface area contributed by atoms with Crippen molar-refractivity contribution in [3.63, 3.8) is 0 Å². The van der Waals surface area contributed by atoms with Crippen molar-refractivity contribution in [1.29, 1.82) is 0 Å². The monoisotopic (exact) mass is 373 g/mol. The lowest BCUT2D eigenvalue weighted by Crippen LogP contribution is -2.19. The zero-order chi connectivity index (χ0) is 19.3. The molecule has 3 aromatic rings. The van der Waals surface area contributed by atoms with Gasteiger partial charge in [-0.3, -0.25) is 9.59 Å². The van der Waals surface area contributed by atoms with Crippen molar-refractivity contribution >= 4 is 5.78 Å². The van der Waals surface area contributed by atoms with Crippen molar-refractivity contribution in [3.8, 4) is 11.5 Å². The van der Waals surface area contributed by atoms with Crippen LogP contribution in [0.4, 0.5) is 0 Å². The second kappa shape index (κ2) is 8.26. The van der Waals surface area contributed by atoms with Crippen LogP contribution in [-0.2, 0) is 19.3 Å². The molecule has 0 atom stereocenters. The zero-order valence-corrected chi connectivity index (χ0v) is 15.7. The number of ketones is 1. The van der Waals surface area contributed by atoms with Crippen LogP contribution >= 0.6 is 0 Å². The number of carbonyl (C=O) groups excluding carboxylic acids is 1. The number of hydrogen-bond donors (Lipinski definition) is 1. The van der Waals surface area contributed by atoms with Crippen molar-refractivity contribution in [1.82, 2.24) is 4.98 Å². The number of aryl methyl sites for hydroxylation is 3. The number of rotatable bonds is 6. The zero-order valence-electron chi connectivity index (χ0n) is 15.7. The molecule has 0 aliphatic heterocycles. The Bertz CT molecular complexity index is 1020. The molecule has 2 aromatic carbocycles. The van der Waals surface area contributed by atoms with Gasteiger partial charge in [-0.05, 0) is 80.1 Å². The first kappa shape index (κ1) is 18.2. The van der Waals surface area contributed by atoms with Crippen LogP contribution in [0.3, 0.4) is 0 Å². The van der Waals surface area contributed by atoms with E-state index in [4.69, 9.17) is 4.74 Å². The second-order valence-electron chi connectivity index (χ2n) is 7.20. The molecule has 0 saturated heterocycles. The summed E-state index contributed by atoms with van der Waals surface area (Å²) in [6.45, 7) is 0. The van der Waals surface area contributed by atoms with Crippen molar-refractivity contribution in [2.24, 2.45) is 0 Å². The lowest BCUT2D eigenvalue weighted by atomic mass is 9.94. The van der Waals surface area contributed by atoms with Gasteiger partial charge >= 0.3 is 0 Å². The molecule has 0 radical (unpaired) electrons. The number of aromatic amines is 1. The van der Waals surface area contributed by atoms with Gasteiger partial charge in [0.05, 0.1) is 0 Å². The molecule has 4 rings (SSSR count). The highest BCUT2D eigenvalue weighted by molar-refractivity contribution is 5.96. The first-order chi connectivity index (χ1) is 13.7. The van der Waals surface area contributed by atoms with Gasteiger partial charge < -0.3 is 9.72 Å². The maximum atomic E-state index is 12.5. The molecule has 0 bridgehead atoms. The van der Waals surface area contributed by atoms with E-state index >= 15 is 0 Å². The van der Waals surface area contributed by atoms with E-state index in [0.717, 1.165) is 37.1 Å². The molecular formula is C24H23NO3. The quantitative estimate of drug-likeness (QED) is 0.628. The predicted molar refractivity (Wildman–Crippen MR) is 109 cm³/mol. The summed E-state index contributed by atoms with van der Waals surface area (Å²) < 4.78 is 5.75. The Balaban J connectivity index is 1.39. The minimum absolute atomic E-state index is 0.0309. The Morgan fingerprint density at radius 2 is 1.64 bits per heavy atom. The van der Waals surface area contributed by atoms with E-state index in [-0.39, 0.29) is 11.3 Å². The first-order valence-corrected chi connectivity index (χ1v) is 9.79. The van der Waals surface area contributed by atoms with Crippen LogP contribution in [0.5, 0.6) is 11.5 Å². The van der Waals surface area contributed by atoms with E-state index < -0.39 is 0 Å². The van der Waals surface area contributed by atoms with Crippen molar-refractivity contribution in [3.05, 3.63) is 93.4 Å². The number of hydrogen-bond acceptors (Lipinski definition) is 3. The summed E-state index contributed by atoms with van der Waals surface area (Å²) in [4.78, 5) is 27.8. The van der Waals surface area contributed by atoms with Crippen LogP contribution in [0.25, 0.3) is 0 Å². The van der Waals surface area contributed by atoms with Crippen LogP contribution in [0.2, 0.25) is 0 Å². The van der Waals surface area contributed by atoms with E-state index in [1.165, 1.54) is 5.56 Å². The van der Waals surface area contributed by atoms with Gasteiger partial charge in [0.25, 0.3) is 5.56 Å². The third kappa shape index (κ3) is 4.22. The van der Waals surface area contributed by atoms with Crippen molar-refractivity contribution < 1.29 is 9.53 Å². The number of ether oxygens (including phenoxy) is 1. The van der Waals surface area contributed by atoms with E-state index in [1.807, 2.05) is 36.4 Å². The summed E-state index contributed by atoms with van der Waals surface area (Å²) in [7, 11) is 0. The average Bonchev–Trinajstić information content (AvgIpc) is 2.73. The van der Waals surface area contributed by atoms with Gasteiger partial charge in [-0.15, -0.1) is 0 Å². The number of H-pyrrole nitrogens is 1. The fraction of sp³-hybridized carbons (Fsp3) is 0.250. The van der Waals surface area contributed by atoms with Gasteiger partial charge in [-0.2, -0.15) is 0 Å². The molecule has 0 amide bonds. The van der Waals surface area contributed by atoms with E-state index in [1.54, 1.807) is 24.3 Å². The number of carbonyl (C=O) groups is 1. The maximum Gasteiger partial charge on any atom is 0.251 e. The summed E-state index contributed by atoms with van der Waals surface area (Å²) in [5.41, 5.74) is 3.59. The topological polar surface area (TPSA) is 59.2 Å². The Morgan fingerprint density at radius 1 is 0.929 bits per heavy atom. The summed E-state index contributed by atoms with van der Waals surface area (Å²) in [5, 5.41) is 0. The number of nitrogens with one attached hydrogen (secondary N) is 1. The summed E-state index contributed by atoms with van der Waals surface area (Å²) in [6.07, 6.45) is 5.03. The molecule has 4 nitrogen and oxygen atoms in total. The second-order valence-corrected chi connectivity index (χ2v) is 7.20. The summed E-state index contributed by atoms with van der Waals surface area (Å²) in [5.74, 6) is 1.48. The highest BCUT2D eigenvalue weighted by atomic mass is 16.5. The molecular weight excluding hydrogens is 350 g/mol. The molecule has 0 unspecified atom stereocenters. The molecule has 0 spiro atoms. The van der Waals surface area contributed by atoms with Crippen LogP contribution in [0.15, 0.2) is 65.5 Å². The van der Waals surface area contributed by atoms with Gasteiger partial charge in [0.15, 0.2) is 5.78 Å².